The summed E-state index contributed by atoms with van der Waals surface area (Å²) in [4.78, 5) is 9.78. The van der Waals surface area contributed by atoms with Crippen molar-refractivity contribution in [2.45, 2.75) is 19.3 Å². The van der Waals surface area contributed by atoms with Crippen LogP contribution in [0.2, 0.25) is 0 Å². The monoisotopic (exact) mass is 128 g/mol. The largest absolute Gasteiger partial charge is 0.505 e. The second-order valence-corrected chi connectivity index (χ2v) is 1.71. The summed E-state index contributed by atoms with van der Waals surface area (Å²) >= 11 is 0. The molecule has 0 N–H and O–H groups in total. The summed E-state index contributed by atoms with van der Waals surface area (Å²) in [6.07, 6.45) is 6.96. The van der Waals surface area contributed by atoms with E-state index in [9.17, 15) is 4.79 Å². The highest BCUT2D eigenvalue weighted by molar-refractivity contribution is 5.48. The van der Waals surface area contributed by atoms with E-state index in [1.54, 1.807) is 13.4 Å². The van der Waals surface area contributed by atoms with E-state index in [0.717, 1.165) is 19.1 Å². The third-order valence-electron chi connectivity index (χ3n) is 0.925. The molecule has 0 aromatic heterocycles. The fourth-order valence-corrected chi connectivity index (χ4v) is 0.483. The summed E-state index contributed by atoms with van der Waals surface area (Å²) in [5.74, 6) is 0. The lowest BCUT2D eigenvalue weighted by molar-refractivity contribution is -0.107. The maximum absolute atomic E-state index is 9.78. The van der Waals surface area contributed by atoms with E-state index in [1.165, 1.54) is 0 Å². The van der Waals surface area contributed by atoms with Crippen LogP contribution in [0.5, 0.6) is 0 Å². The van der Waals surface area contributed by atoms with E-state index in [0.29, 0.717) is 6.42 Å². The van der Waals surface area contributed by atoms with E-state index < -0.39 is 0 Å². The number of rotatable bonds is 5. The van der Waals surface area contributed by atoms with Crippen molar-refractivity contribution >= 4 is 6.29 Å². The number of hydrogen-bond acceptors (Lipinski definition) is 2. The summed E-state index contributed by atoms with van der Waals surface area (Å²) in [5.41, 5.74) is 0. The molecule has 0 aromatic rings. The molecule has 2 heteroatoms. The molecule has 0 bridgehead atoms. The van der Waals surface area contributed by atoms with Gasteiger partial charge in [0.1, 0.15) is 6.29 Å². The lowest BCUT2D eigenvalue weighted by atomic mass is 10.2. The number of ether oxygens (including phenoxy) is 1. The van der Waals surface area contributed by atoms with Gasteiger partial charge in [-0.2, -0.15) is 0 Å². The van der Waals surface area contributed by atoms with Gasteiger partial charge >= 0.3 is 0 Å². The van der Waals surface area contributed by atoms with Gasteiger partial charge in [-0.05, 0) is 18.9 Å². The lowest BCUT2D eigenvalue weighted by Gasteiger charge is -1.86. The Kier molecular flexibility index (Phi) is 6.58. The average Bonchev–Trinajstić information content (AvgIpc) is 1.89. The quantitative estimate of drug-likeness (QED) is 0.319. The van der Waals surface area contributed by atoms with Crippen LogP contribution in [-0.4, -0.2) is 13.4 Å². The summed E-state index contributed by atoms with van der Waals surface area (Å²) < 4.78 is 4.65. The molecule has 2 nitrogen and oxygen atoms in total. The van der Waals surface area contributed by atoms with Crippen LogP contribution in [0.4, 0.5) is 0 Å². The minimum Gasteiger partial charge on any atom is -0.505 e. The van der Waals surface area contributed by atoms with Crippen molar-refractivity contribution in [3.8, 4) is 0 Å². The van der Waals surface area contributed by atoms with E-state index in [1.807, 2.05) is 6.08 Å². The molecule has 0 heterocycles. The minimum atomic E-state index is 0.647. The van der Waals surface area contributed by atoms with Crippen LogP contribution in [-0.2, 0) is 9.53 Å². The predicted molar refractivity (Wildman–Crippen MR) is 36.1 cm³/mol. The fraction of sp³-hybridized carbons (Fsp3) is 0.571. The maximum Gasteiger partial charge on any atom is 0.120 e. The summed E-state index contributed by atoms with van der Waals surface area (Å²) in [7, 11) is 1.61. The smallest absolute Gasteiger partial charge is 0.120 e. The topological polar surface area (TPSA) is 26.3 Å². The van der Waals surface area contributed by atoms with Crippen molar-refractivity contribution in [2.24, 2.45) is 0 Å². The number of aldehydes is 1. The normalized spacial score (nSPS) is 9.89. The molecule has 0 fully saturated rings. The van der Waals surface area contributed by atoms with Crippen molar-refractivity contribution in [1.29, 1.82) is 0 Å². The van der Waals surface area contributed by atoms with E-state index in [-0.39, 0.29) is 0 Å². The highest BCUT2D eigenvalue weighted by Crippen LogP contribution is 1.92. The van der Waals surface area contributed by atoms with Crippen LogP contribution in [0, 0.1) is 0 Å². The first-order chi connectivity index (χ1) is 4.41. The molecule has 52 valence electrons. The fourth-order valence-electron chi connectivity index (χ4n) is 0.483. The van der Waals surface area contributed by atoms with Crippen LogP contribution in [0.1, 0.15) is 19.3 Å². The standard InChI is InChI=1S/C7H12O2/c1-9-7-5-3-2-4-6-8/h5-7H,2-4H2,1H3. The van der Waals surface area contributed by atoms with E-state index >= 15 is 0 Å². The van der Waals surface area contributed by atoms with Gasteiger partial charge in [0.25, 0.3) is 0 Å². The third kappa shape index (κ3) is 7.21. The van der Waals surface area contributed by atoms with Gasteiger partial charge in [-0.3, -0.25) is 0 Å². The average molecular weight is 128 g/mol. The molecule has 0 saturated heterocycles. The predicted octanol–water partition coefficient (Wildman–Crippen LogP) is 1.52. The molecule has 0 spiro atoms. The molecule has 0 aliphatic heterocycles. The highest BCUT2D eigenvalue weighted by atomic mass is 16.5. The zero-order chi connectivity index (χ0) is 6.95. The van der Waals surface area contributed by atoms with Gasteiger partial charge < -0.3 is 9.53 Å². The molecule has 0 amide bonds. The Labute approximate surface area is 55.5 Å². The molecule has 0 aliphatic rings. The Hall–Kier alpha value is -0.790. The Bertz CT molecular complexity index is 86.9. The first-order valence-corrected chi connectivity index (χ1v) is 3.03. The molecule has 9 heavy (non-hydrogen) atoms. The Morgan fingerprint density at radius 3 is 2.78 bits per heavy atom. The number of unbranched alkanes of at least 4 members (excludes halogenated alkanes) is 2. The number of carbonyl (C=O) groups is 1. The summed E-state index contributed by atoms with van der Waals surface area (Å²) in [6.45, 7) is 0. The SMILES string of the molecule is COC=CCCCC=O. The van der Waals surface area contributed by atoms with Crippen LogP contribution < -0.4 is 0 Å². The van der Waals surface area contributed by atoms with E-state index in [4.69, 9.17) is 0 Å². The van der Waals surface area contributed by atoms with Crippen molar-refractivity contribution in [2.75, 3.05) is 7.11 Å². The van der Waals surface area contributed by atoms with Crippen molar-refractivity contribution in [3.63, 3.8) is 0 Å². The Morgan fingerprint density at radius 2 is 2.22 bits per heavy atom. The van der Waals surface area contributed by atoms with Crippen molar-refractivity contribution < 1.29 is 9.53 Å². The molecule has 0 radical (unpaired) electrons. The van der Waals surface area contributed by atoms with Gasteiger partial charge in [0, 0.05) is 6.42 Å². The number of allylic oxidation sites excluding steroid dienone is 1. The zero-order valence-electron chi connectivity index (χ0n) is 5.67. The lowest BCUT2D eigenvalue weighted by Crippen LogP contribution is -1.73. The number of methoxy groups -OCH3 is 1. The van der Waals surface area contributed by atoms with Gasteiger partial charge in [0.15, 0.2) is 0 Å². The zero-order valence-corrected chi connectivity index (χ0v) is 5.67. The van der Waals surface area contributed by atoms with Gasteiger partial charge in [0.2, 0.25) is 0 Å². The molecular weight excluding hydrogens is 116 g/mol. The third-order valence-corrected chi connectivity index (χ3v) is 0.925. The molecule has 0 atom stereocenters. The second-order valence-electron chi connectivity index (χ2n) is 1.71. The van der Waals surface area contributed by atoms with Crippen molar-refractivity contribution in [3.05, 3.63) is 12.3 Å². The van der Waals surface area contributed by atoms with Crippen LogP contribution >= 0.6 is 0 Å². The van der Waals surface area contributed by atoms with Gasteiger partial charge in [-0.25, -0.2) is 0 Å². The number of carbonyl (C=O) groups excluding carboxylic acids is 1. The minimum absolute atomic E-state index is 0.647. The summed E-state index contributed by atoms with van der Waals surface area (Å²) in [6, 6.07) is 0. The second kappa shape index (κ2) is 7.21. The Balaban J connectivity index is 2.90. The van der Waals surface area contributed by atoms with Crippen LogP contribution in [0.3, 0.4) is 0 Å². The first-order valence-electron chi connectivity index (χ1n) is 3.03. The van der Waals surface area contributed by atoms with Crippen molar-refractivity contribution in [1.82, 2.24) is 0 Å². The van der Waals surface area contributed by atoms with Crippen LogP contribution in [0.15, 0.2) is 12.3 Å². The highest BCUT2D eigenvalue weighted by Gasteiger charge is 1.79. The van der Waals surface area contributed by atoms with Gasteiger partial charge in [0.05, 0.1) is 13.4 Å². The Morgan fingerprint density at radius 1 is 1.44 bits per heavy atom. The number of hydrogen-bond donors (Lipinski definition) is 0. The molecular formula is C7H12O2. The van der Waals surface area contributed by atoms with Gasteiger partial charge in [-0.1, -0.05) is 0 Å². The molecule has 0 saturated carbocycles. The summed E-state index contributed by atoms with van der Waals surface area (Å²) in [5, 5.41) is 0. The molecule has 0 aromatic carbocycles. The van der Waals surface area contributed by atoms with E-state index in [2.05, 4.69) is 4.74 Å². The molecule has 0 aliphatic carbocycles. The van der Waals surface area contributed by atoms with Gasteiger partial charge in [-0.15, -0.1) is 0 Å². The molecule has 0 unspecified atom stereocenters. The molecule has 0 rings (SSSR count). The first kappa shape index (κ1) is 8.21. The van der Waals surface area contributed by atoms with Crippen LogP contribution in [0.25, 0.3) is 0 Å². The maximum atomic E-state index is 9.78.